The molecule has 1 amide bonds. The van der Waals surface area contributed by atoms with Crippen LogP contribution in [-0.2, 0) is 4.79 Å². The van der Waals surface area contributed by atoms with Gasteiger partial charge in [0, 0.05) is 0 Å². The number of hydrogen-bond acceptors (Lipinski definition) is 2. The summed E-state index contributed by atoms with van der Waals surface area (Å²) in [5.74, 6) is 0.0575. The molecule has 1 aromatic carbocycles. The van der Waals surface area contributed by atoms with Crippen molar-refractivity contribution in [2.75, 3.05) is 0 Å². The van der Waals surface area contributed by atoms with Crippen LogP contribution in [0.25, 0.3) is 0 Å². The van der Waals surface area contributed by atoms with Gasteiger partial charge in [0.05, 0.1) is 11.6 Å². The van der Waals surface area contributed by atoms with Gasteiger partial charge in [-0.05, 0) is 43.4 Å². The van der Waals surface area contributed by atoms with Crippen molar-refractivity contribution in [2.45, 2.75) is 51.1 Å². The lowest BCUT2D eigenvalue weighted by Gasteiger charge is -2.36. The van der Waals surface area contributed by atoms with Gasteiger partial charge in [-0.25, -0.2) is 4.39 Å². The van der Waals surface area contributed by atoms with Crippen molar-refractivity contribution in [1.29, 1.82) is 0 Å². The number of nitrogens with two attached hydrogens (primary N) is 1. The van der Waals surface area contributed by atoms with E-state index in [2.05, 4.69) is 12.2 Å². The van der Waals surface area contributed by atoms with E-state index in [0.717, 1.165) is 24.8 Å². The maximum Gasteiger partial charge on any atom is 0.240 e. The lowest BCUT2D eigenvalue weighted by atomic mass is 9.76. The van der Waals surface area contributed by atoms with Crippen LogP contribution >= 0.6 is 0 Å². The molecule has 2 rings (SSSR count). The highest BCUT2D eigenvalue weighted by molar-refractivity contribution is 5.86. The predicted molar refractivity (Wildman–Crippen MR) is 77.5 cm³/mol. The molecule has 0 heterocycles. The number of nitrogens with one attached hydrogen (secondary N) is 1. The van der Waals surface area contributed by atoms with Crippen molar-refractivity contribution in [1.82, 2.24) is 5.32 Å². The zero-order valence-electron chi connectivity index (χ0n) is 12.2. The summed E-state index contributed by atoms with van der Waals surface area (Å²) in [5, 5.41) is 2.92. The Morgan fingerprint density at radius 1 is 1.55 bits per heavy atom. The highest BCUT2D eigenvalue weighted by Gasteiger charge is 2.38. The second kappa shape index (κ2) is 5.92. The van der Waals surface area contributed by atoms with Gasteiger partial charge >= 0.3 is 0 Å². The van der Waals surface area contributed by atoms with Crippen molar-refractivity contribution in [3.8, 4) is 0 Å². The van der Waals surface area contributed by atoms with Gasteiger partial charge in [-0.2, -0.15) is 0 Å². The summed E-state index contributed by atoms with van der Waals surface area (Å²) in [6.07, 6.45) is 3.55. The number of halogens is 1. The second-order valence-corrected chi connectivity index (χ2v) is 6.11. The highest BCUT2D eigenvalue weighted by atomic mass is 19.1. The molecule has 0 radical (unpaired) electrons. The van der Waals surface area contributed by atoms with Gasteiger partial charge in [-0.15, -0.1) is 0 Å². The summed E-state index contributed by atoms with van der Waals surface area (Å²) in [4.78, 5) is 12.4. The molecule has 1 aromatic rings. The lowest BCUT2D eigenvalue weighted by molar-refractivity contribution is -0.128. The van der Waals surface area contributed by atoms with Crippen LogP contribution in [0.2, 0.25) is 0 Å². The molecule has 2 unspecified atom stereocenters. The molecule has 0 spiro atoms. The largest absolute Gasteiger partial charge is 0.348 e. The van der Waals surface area contributed by atoms with E-state index in [9.17, 15) is 9.18 Å². The number of carbonyl (C=O) groups excluding carboxylic acids is 1. The molecule has 1 fully saturated rings. The van der Waals surface area contributed by atoms with Gasteiger partial charge in [0.15, 0.2) is 0 Å². The average molecular weight is 278 g/mol. The Hall–Kier alpha value is -1.42. The summed E-state index contributed by atoms with van der Waals surface area (Å²) < 4.78 is 13.2. The molecule has 3 nitrogen and oxygen atoms in total. The number of hydrogen-bond donors (Lipinski definition) is 2. The van der Waals surface area contributed by atoms with Crippen molar-refractivity contribution in [2.24, 2.45) is 11.7 Å². The Bertz CT molecular complexity index is 491. The Morgan fingerprint density at radius 3 is 2.95 bits per heavy atom. The summed E-state index contributed by atoms with van der Waals surface area (Å²) in [7, 11) is 0. The zero-order chi connectivity index (χ0) is 14.8. The molecular weight excluding hydrogens is 255 g/mol. The van der Waals surface area contributed by atoms with Gasteiger partial charge in [-0.3, -0.25) is 4.79 Å². The summed E-state index contributed by atoms with van der Waals surface area (Å²) in [6.45, 7) is 3.98. The molecule has 0 bridgehead atoms. The third kappa shape index (κ3) is 3.37. The van der Waals surface area contributed by atoms with E-state index in [-0.39, 0.29) is 17.8 Å². The van der Waals surface area contributed by atoms with Crippen molar-refractivity contribution < 1.29 is 9.18 Å². The number of rotatable bonds is 3. The molecule has 0 aromatic heterocycles. The third-order valence-electron chi connectivity index (χ3n) is 4.18. The first-order valence-electron chi connectivity index (χ1n) is 7.26. The first kappa shape index (κ1) is 15.0. The van der Waals surface area contributed by atoms with Crippen LogP contribution in [0.15, 0.2) is 24.3 Å². The Balaban J connectivity index is 2.03. The van der Waals surface area contributed by atoms with Crippen LogP contribution in [-0.4, -0.2) is 11.4 Å². The van der Waals surface area contributed by atoms with Crippen molar-refractivity contribution in [3.05, 3.63) is 35.6 Å². The maximum atomic E-state index is 13.2. The van der Waals surface area contributed by atoms with Crippen LogP contribution in [0.5, 0.6) is 0 Å². The van der Waals surface area contributed by atoms with Crippen LogP contribution in [0.1, 0.15) is 51.1 Å². The predicted octanol–water partition coefficient (Wildman–Crippen LogP) is 2.91. The molecule has 1 aliphatic rings. The number of amides is 1. The Kier molecular flexibility index (Phi) is 4.43. The second-order valence-electron chi connectivity index (χ2n) is 6.11. The molecular formula is C16H23FN2O. The normalized spacial score (nSPS) is 27.9. The average Bonchev–Trinajstić information content (AvgIpc) is 2.38. The summed E-state index contributed by atoms with van der Waals surface area (Å²) in [5.41, 5.74) is 6.24. The monoisotopic (exact) mass is 278 g/mol. The van der Waals surface area contributed by atoms with E-state index in [4.69, 9.17) is 5.73 Å². The van der Waals surface area contributed by atoms with Gasteiger partial charge < -0.3 is 11.1 Å². The topological polar surface area (TPSA) is 55.1 Å². The smallest absolute Gasteiger partial charge is 0.240 e. The molecule has 110 valence electrons. The summed E-state index contributed by atoms with van der Waals surface area (Å²) in [6, 6.07) is 6.05. The minimum Gasteiger partial charge on any atom is -0.348 e. The highest BCUT2D eigenvalue weighted by Crippen LogP contribution is 2.31. The molecule has 3 N–H and O–H groups in total. The van der Waals surface area contributed by atoms with E-state index in [0.29, 0.717) is 12.3 Å². The first-order valence-corrected chi connectivity index (χ1v) is 7.26. The Labute approximate surface area is 119 Å². The fourth-order valence-electron chi connectivity index (χ4n) is 3.00. The fraction of sp³-hybridized carbons (Fsp3) is 0.562. The first-order chi connectivity index (χ1) is 9.40. The molecule has 3 atom stereocenters. The SMILES string of the molecule is CC1CCCC(N)(C(=O)N[C@@H](C)c2cccc(F)c2)C1. The Morgan fingerprint density at radius 2 is 2.30 bits per heavy atom. The molecule has 1 saturated carbocycles. The minimum atomic E-state index is -0.779. The van der Waals surface area contributed by atoms with Gasteiger partial charge in [0.1, 0.15) is 5.82 Å². The van der Waals surface area contributed by atoms with Crippen LogP contribution in [0.4, 0.5) is 4.39 Å². The molecule has 4 heteroatoms. The van der Waals surface area contributed by atoms with Crippen LogP contribution < -0.4 is 11.1 Å². The third-order valence-corrected chi connectivity index (χ3v) is 4.18. The molecule has 1 aliphatic carbocycles. The van der Waals surface area contributed by atoms with Crippen LogP contribution in [0, 0.1) is 11.7 Å². The number of carbonyl (C=O) groups is 1. The van der Waals surface area contributed by atoms with Gasteiger partial charge in [0.25, 0.3) is 0 Å². The molecule has 20 heavy (non-hydrogen) atoms. The van der Waals surface area contributed by atoms with Crippen LogP contribution in [0.3, 0.4) is 0 Å². The van der Waals surface area contributed by atoms with E-state index in [1.165, 1.54) is 12.1 Å². The van der Waals surface area contributed by atoms with Crippen molar-refractivity contribution >= 4 is 5.91 Å². The zero-order valence-corrected chi connectivity index (χ0v) is 12.2. The fourth-order valence-corrected chi connectivity index (χ4v) is 3.00. The van der Waals surface area contributed by atoms with E-state index in [1.807, 2.05) is 6.92 Å². The molecule has 0 saturated heterocycles. The molecule has 0 aliphatic heterocycles. The standard InChI is InChI=1S/C16H23FN2O/c1-11-5-4-8-16(18,10-11)15(20)19-12(2)13-6-3-7-14(17)9-13/h3,6-7,9,11-12H,4-5,8,10,18H2,1-2H3,(H,19,20)/t11?,12-,16?/m0/s1. The van der Waals surface area contributed by atoms with E-state index >= 15 is 0 Å². The van der Waals surface area contributed by atoms with E-state index in [1.54, 1.807) is 12.1 Å². The summed E-state index contributed by atoms with van der Waals surface area (Å²) >= 11 is 0. The van der Waals surface area contributed by atoms with E-state index < -0.39 is 5.54 Å². The quantitative estimate of drug-likeness (QED) is 0.893. The van der Waals surface area contributed by atoms with Gasteiger partial charge in [-0.1, -0.05) is 31.9 Å². The maximum absolute atomic E-state index is 13.2. The number of benzene rings is 1. The lowest BCUT2D eigenvalue weighted by Crippen LogP contribution is -2.56. The minimum absolute atomic E-state index is 0.124. The van der Waals surface area contributed by atoms with Crippen molar-refractivity contribution in [3.63, 3.8) is 0 Å². The van der Waals surface area contributed by atoms with Gasteiger partial charge in [0.2, 0.25) is 5.91 Å².